The third-order valence-electron chi connectivity index (χ3n) is 7.93. The van der Waals surface area contributed by atoms with Crippen molar-refractivity contribution in [2.45, 2.75) is 61.2 Å². The van der Waals surface area contributed by atoms with Crippen molar-refractivity contribution in [3.63, 3.8) is 0 Å². The average molecular weight is 570 g/mol. The number of hydrogen-bond acceptors (Lipinski definition) is 6. The van der Waals surface area contributed by atoms with E-state index < -0.39 is 5.41 Å². The molecule has 4 heterocycles. The molecule has 9 nitrogen and oxygen atoms in total. The van der Waals surface area contributed by atoms with Crippen molar-refractivity contribution in [2.24, 2.45) is 11.3 Å². The number of aryl methyl sites for hydroxylation is 2. The molecule has 2 amide bonds. The first-order valence-electron chi connectivity index (χ1n) is 14.4. The fourth-order valence-electron chi connectivity index (χ4n) is 5.49. The summed E-state index contributed by atoms with van der Waals surface area (Å²) in [6.45, 7) is 14.2. The predicted octanol–water partition coefficient (Wildman–Crippen LogP) is 5.28. The second kappa shape index (κ2) is 11.6. The number of carbonyl (C=O) groups is 2. The van der Waals surface area contributed by atoms with E-state index in [1.54, 1.807) is 41.8 Å². The summed E-state index contributed by atoms with van der Waals surface area (Å²) in [6, 6.07) is 11.6. The molecular formula is C33H39N5O4. The molecule has 1 aliphatic rings. The fourth-order valence-corrected chi connectivity index (χ4v) is 5.49. The van der Waals surface area contributed by atoms with Gasteiger partial charge >= 0.3 is 0 Å². The SMILES string of the molecule is Cc1ncccc1CN(CCn1cc(C)c2occc2c1=O)Cc1ccc2c(c1)NC(=O)C(C)(C)C(=O)N2CC(C)C. The molecule has 0 aliphatic carbocycles. The molecule has 1 aromatic carbocycles. The molecule has 0 radical (unpaired) electrons. The van der Waals surface area contributed by atoms with Gasteiger partial charge in [0.1, 0.15) is 11.0 Å². The molecule has 4 aromatic rings. The van der Waals surface area contributed by atoms with E-state index >= 15 is 0 Å². The number of amides is 2. The van der Waals surface area contributed by atoms with Crippen molar-refractivity contribution in [3.05, 3.63) is 87.8 Å². The minimum Gasteiger partial charge on any atom is -0.464 e. The zero-order valence-corrected chi connectivity index (χ0v) is 25.2. The lowest BCUT2D eigenvalue weighted by molar-refractivity contribution is -0.136. The number of benzene rings is 1. The Morgan fingerprint density at radius 1 is 1.07 bits per heavy atom. The van der Waals surface area contributed by atoms with Crippen LogP contribution in [0.25, 0.3) is 11.0 Å². The lowest BCUT2D eigenvalue weighted by atomic mass is 9.90. The normalized spacial score (nSPS) is 14.9. The zero-order chi connectivity index (χ0) is 30.2. The molecule has 0 fully saturated rings. The van der Waals surface area contributed by atoms with Crippen LogP contribution in [0.5, 0.6) is 0 Å². The molecule has 0 saturated heterocycles. The quantitative estimate of drug-likeness (QED) is 0.276. The molecule has 1 N–H and O–H groups in total. The molecule has 0 unspecified atom stereocenters. The molecule has 0 bridgehead atoms. The maximum Gasteiger partial charge on any atom is 0.261 e. The van der Waals surface area contributed by atoms with Gasteiger partial charge in [-0.1, -0.05) is 26.0 Å². The van der Waals surface area contributed by atoms with Gasteiger partial charge in [-0.3, -0.25) is 24.3 Å². The first kappa shape index (κ1) is 29.3. The van der Waals surface area contributed by atoms with Gasteiger partial charge in [-0.2, -0.15) is 0 Å². The van der Waals surface area contributed by atoms with Gasteiger partial charge in [0, 0.05) is 56.4 Å². The van der Waals surface area contributed by atoms with E-state index in [4.69, 9.17) is 4.42 Å². The Bertz CT molecular complexity index is 1700. The predicted molar refractivity (Wildman–Crippen MR) is 164 cm³/mol. The van der Waals surface area contributed by atoms with Gasteiger partial charge in [0.25, 0.3) is 5.56 Å². The highest BCUT2D eigenvalue weighted by atomic mass is 16.3. The van der Waals surface area contributed by atoms with Crippen LogP contribution in [0.4, 0.5) is 11.4 Å². The standard InChI is InChI=1S/C33H39N5O4/c1-21(2)17-38-28-10-9-24(16-27(28)35-31(40)33(5,6)32(38)41)19-36(20-25-8-7-12-34-23(25)4)13-14-37-18-22(3)29-26(30(37)39)11-15-42-29/h7-12,15-16,18,21H,13-14,17,19-20H2,1-6H3,(H,35,40). The minimum atomic E-state index is -1.18. The van der Waals surface area contributed by atoms with Crippen LogP contribution in [0.3, 0.4) is 0 Å². The molecule has 42 heavy (non-hydrogen) atoms. The van der Waals surface area contributed by atoms with E-state index in [9.17, 15) is 14.4 Å². The highest BCUT2D eigenvalue weighted by Gasteiger charge is 2.43. The van der Waals surface area contributed by atoms with Crippen molar-refractivity contribution < 1.29 is 14.0 Å². The second-order valence-electron chi connectivity index (χ2n) is 12.2. The Hall–Kier alpha value is -4.24. The highest BCUT2D eigenvalue weighted by molar-refractivity contribution is 6.19. The molecule has 9 heteroatoms. The van der Waals surface area contributed by atoms with Gasteiger partial charge in [0.15, 0.2) is 0 Å². The summed E-state index contributed by atoms with van der Waals surface area (Å²) in [7, 11) is 0. The third-order valence-corrected chi connectivity index (χ3v) is 7.93. The van der Waals surface area contributed by atoms with E-state index in [1.807, 2.05) is 44.3 Å². The minimum absolute atomic E-state index is 0.0767. The maximum atomic E-state index is 13.4. The second-order valence-corrected chi connectivity index (χ2v) is 12.2. The summed E-state index contributed by atoms with van der Waals surface area (Å²) in [4.78, 5) is 48.2. The van der Waals surface area contributed by atoms with Crippen LogP contribution in [0.1, 0.15) is 50.1 Å². The summed E-state index contributed by atoms with van der Waals surface area (Å²) in [5, 5.41) is 3.60. The smallest absolute Gasteiger partial charge is 0.261 e. The van der Waals surface area contributed by atoms with Crippen LogP contribution < -0.4 is 15.8 Å². The Morgan fingerprint density at radius 3 is 2.60 bits per heavy atom. The summed E-state index contributed by atoms with van der Waals surface area (Å²) in [6.07, 6.45) is 5.18. The number of hydrogen-bond donors (Lipinski definition) is 1. The van der Waals surface area contributed by atoms with Crippen molar-refractivity contribution in [1.82, 2.24) is 14.5 Å². The fraction of sp³-hybridized carbons (Fsp3) is 0.394. The van der Waals surface area contributed by atoms with E-state index in [-0.39, 0.29) is 23.3 Å². The van der Waals surface area contributed by atoms with Crippen molar-refractivity contribution in [3.8, 4) is 0 Å². The van der Waals surface area contributed by atoms with E-state index in [0.29, 0.717) is 55.1 Å². The Kier molecular flexibility index (Phi) is 8.06. The van der Waals surface area contributed by atoms with Crippen LogP contribution in [-0.2, 0) is 29.2 Å². The topological polar surface area (TPSA) is 101 Å². The number of anilines is 2. The largest absolute Gasteiger partial charge is 0.464 e. The molecule has 1 aliphatic heterocycles. The number of furan rings is 1. The maximum absolute atomic E-state index is 13.4. The number of nitrogens with one attached hydrogen (secondary N) is 1. The number of rotatable bonds is 9. The van der Waals surface area contributed by atoms with Crippen LogP contribution in [0, 0.1) is 25.2 Å². The highest BCUT2D eigenvalue weighted by Crippen LogP contribution is 2.36. The summed E-state index contributed by atoms with van der Waals surface area (Å²) >= 11 is 0. The summed E-state index contributed by atoms with van der Waals surface area (Å²) in [5.41, 5.74) is 4.66. The lowest BCUT2D eigenvalue weighted by Gasteiger charge is -2.29. The van der Waals surface area contributed by atoms with Crippen LogP contribution in [0.2, 0.25) is 0 Å². The van der Waals surface area contributed by atoms with Crippen molar-refractivity contribution in [2.75, 3.05) is 23.3 Å². The van der Waals surface area contributed by atoms with Gasteiger partial charge in [-0.25, -0.2) is 0 Å². The number of nitrogens with zero attached hydrogens (tertiary/aromatic N) is 4. The molecule has 0 spiro atoms. The Balaban J connectivity index is 1.46. The van der Waals surface area contributed by atoms with Gasteiger partial charge < -0.3 is 19.2 Å². The first-order valence-corrected chi connectivity index (χ1v) is 14.4. The van der Waals surface area contributed by atoms with E-state index in [2.05, 4.69) is 35.1 Å². The lowest BCUT2D eigenvalue weighted by Crippen LogP contribution is -2.46. The monoisotopic (exact) mass is 569 g/mol. The molecule has 3 aromatic heterocycles. The van der Waals surface area contributed by atoms with Gasteiger partial charge in [-0.15, -0.1) is 0 Å². The van der Waals surface area contributed by atoms with Gasteiger partial charge in [0.2, 0.25) is 11.8 Å². The van der Waals surface area contributed by atoms with Crippen LogP contribution in [-0.4, -0.2) is 39.4 Å². The summed E-state index contributed by atoms with van der Waals surface area (Å²) < 4.78 is 7.25. The molecule has 220 valence electrons. The number of pyridine rings is 2. The van der Waals surface area contributed by atoms with Gasteiger partial charge in [0.05, 0.1) is 23.0 Å². The molecule has 0 atom stereocenters. The molecule has 5 rings (SSSR count). The van der Waals surface area contributed by atoms with Crippen molar-refractivity contribution >= 4 is 34.2 Å². The third kappa shape index (κ3) is 5.74. The van der Waals surface area contributed by atoms with Crippen LogP contribution in [0.15, 0.2) is 64.3 Å². The van der Waals surface area contributed by atoms with Crippen LogP contribution >= 0.6 is 0 Å². The van der Waals surface area contributed by atoms with Crippen molar-refractivity contribution in [1.29, 1.82) is 0 Å². The first-order chi connectivity index (χ1) is 20.0. The Labute approximate surface area is 246 Å². The number of carbonyl (C=O) groups excluding carboxylic acids is 2. The van der Waals surface area contributed by atoms with E-state index in [1.165, 1.54) is 0 Å². The number of aromatic nitrogens is 2. The Morgan fingerprint density at radius 2 is 1.86 bits per heavy atom. The molecule has 0 saturated carbocycles. The zero-order valence-electron chi connectivity index (χ0n) is 25.2. The van der Waals surface area contributed by atoms with E-state index in [0.717, 1.165) is 22.4 Å². The molecular weight excluding hydrogens is 530 g/mol. The average Bonchev–Trinajstić information content (AvgIpc) is 3.43. The van der Waals surface area contributed by atoms with Gasteiger partial charge in [-0.05, 0) is 69.0 Å². The number of fused-ring (bicyclic) bond motifs is 2. The summed E-state index contributed by atoms with van der Waals surface area (Å²) in [5.74, 6) is -0.286.